The van der Waals surface area contributed by atoms with Gasteiger partial charge >= 0.3 is 0 Å². The fourth-order valence-electron chi connectivity index (χ4n) is 4.12. The van der Waals surface area contributed by atoms with E-state index in [0.29, 0.717) is 17.9 Å². The molecular weight excluding hydrogens is 345 g/mol. The molecule has 0 saturated heterocycles. The summed E-state index contributed by atoms with van der Waals surface area (Å²) < 4.78 is 12.1. The van der Waals surface area contributed by atoms with Gasteiger partial charge in [-0.3, -0.25) is 4.39 Å². The number of alkyl halides is 1. The number of rotatable bonds is 8. The molecule has 0 radical (unpaired) electrons. The highest BCUT2D eigenvalue weighted by Gasteiger charge is 2.19. The van der Waals surface area contributed by atoms with Gasteiger partial charge in [0.1, 0.15) is 0 Å². The van der Waals surface area contributed by atoms with E-state index in [9.17, 15) is 4.39 Å². The number of unbranched alkanes of at least 4 members (excludes halogenated alkanes) is 1. The predicted octanol–water partition coefficient (Wildman–Crippen LogP) is 7.27. The maximum absolute atomic E-state index is 12.1. The minimum Gasteiger partial charge on any atom is -0.251 e. The highest BCUT2D eigenvalue weighted by atomic mass is 19.1. The van der Waals surface area contributed by atoms with E-state index in [0.717, 1.165) is 24.3 Å². The number of allylic oxidation sites excluding steroid dienone is 2. The average Bonchev–Trinajstić information content (AvgIpc) is 2.76. The van der Waals surface area contributed by atoms with Crippen molar-refractivity contribution in [2.75, 3.05) is 6.67 Å². The third-order valence-corrected chi connectivity index (χ3v) is 5.95. The van der Waals surface area contributed by atoms with Crippen molar-refractivity contribution in [1.29, 1.82) is 5.26 Å². The van der Waals surface area contributed by atoms with E-state index >= 15 is 0 Å². The molecule has 2 aromatic rings. The summed E-state index contributed by atoms with van der Waals surface area (Å²) in [7, 11) is 0. The molecule has 0 heterocycles. The van der Waals surface area contributed by atoms with Crippen LogP contribution in [0.5, 0.6) is 0 Å². The first-order valence-electron chi connectivity index (χ1n) is 10.6. The Kier molecular flexibility index (Phi) is 7.85. The molecule has 1 aliphatic rings. The van der Waals surface area contributed by atoms with Crippen LogP contribution in [0, 0.1) is 23.2 Å². The number of hydrogen-bond acceptors (Lipinski definition) is 1. The number of hydrogen-bond donors (Lipinski definition) is 0. The van der Waals surface area contributed by atoms with Gasteiger partial charge < -0.3 is 0 Å². The minimum absolute atomic E-state index is 0.203. The van der Waals surface area contributed by atoms with Crippen LogP contribution in [-0.2, 0) is 6.42 Å². The zero-order valence-electron chi connectivity index (χ0n) is 16.6. The summed E-state index contributed by atoms with van der Waals surface area (Å²) in [5.41, 5.74) is 4.47. The van der Waals surface area contributed by atoms with Gasteiger partial charge in [-0.15, -0.1) is 0 Å². The van der Waals surface area contributed by atoms with Gasteiger partial charge in [0.2, 0.25) is 0 Å². The predicted molar refractivity (Wildman–Crippen MR) is 115 cm³/mol. The van der Waals surface area contributed by atoms with Gasteiger partial charge in [0.15, 0.2) is 0 Å². The summed E-state index contributed by atoms with van der Waals surface area (Å²) in [6.45, 7) is -0.203. The Balaban J connectivity index is 1.43. The Morgan fingerprint density at radius 1 is 0.929 bits per heavy atom. The van der Waals surface area contributed by atoms with Crippen LogP contribution in [0.15, 0.2) is 60.7 Å². The number of nitrogens with zero attached hydrogens (tertiary/aromatic N) is 1. The van der Waals surface area contributed by atoms with Crippen LogP contribution >= 0.6 is 0 Å². The lowest BCUT2D eigenvalue weighted by molar-refractivity contribution is 0.296. The smallest absolute Gasteiger partial charge is 0.0991 e. The van der Waals surface area contributed by atoms with E-state index in [2.05, 4.69) is 42.5 Å². The number of benzene rings is 2. The van der Waals surface area contributed by atoms with Crippen LogP contribution < -0.4 is 0 Å². The van der Waals surface area contributed by atoms with Crippen molar-refractivity contribution < 1.29 is 4.39 Å². The Morgan fingerprint density at radius 3 is 2.18 bits per heavy atom. The molecule has 0 N–H and O–H groups in total. The van der Waals surface area contributed by atoms with E-state index in [4.69, 9.17) is 5.26 Å². The van der Waals surface area contributed by atoms with Gasteiger partial charge in [-0.2, -0.15) is 5.26 Å². The Hall–Kier alpha value is -2.40. The molecule has 2 aromatic carbocycles. The second-order valence-electron chi connectivity index (χ2n) is 7.96. The van der Waals surface area contributed by atoms with Crippen LogP contribution in [0.2, 0.25) is 0 Å². The molecule has 0 aliphatic heterocycles. The van der Waals surface area contributed by atoms with E-state index in [1.165, 1.54) is 43.2 Å². The Bertz CT molecular complexity index is 775. The highest BCUT2D eigenvalue weighted by molar-refractivity contribution is 5.64. The summed E-state index contributed by atoms with van der Waals surface area (Å²) >= 11 is 0. The molecule has 28 heavy (non-hydrogen) atoms. The van der Waals surface area contributed by atoms with Gasteiger partial charge in [-0.25, -0.2) is 0 Å². The van der Waals surface area contributed by atoms with Crippen LogP contribution in [0.4, 0.5) is 4.39 Å². The summed E-state index contributed by atoms with van der Waals surface area (Å²) in [4.78, 5) is 0. The van der Waals surface area contributed by atoms with Gasteiger partial charge in [0, 0.05) is 0 Å². The molecule has 1 aliphatic carbocycles. The highest BCUT2D eigenvalue weighted by Crippen LogP contribution is 2.32. The van der Waals surface area contributed by atoms with Crippen molar-refractivity contribution in [3.05, 3.63) is 71.8 Å². The topological polar surface area (TPSA) is 23.8 Å². The molecule has 0 aromatic heterocycles. The average molecular weight is 376 g/mol. The third-order valence-electron chi connectivity index (χ3n) is 5.95. The van der Waals surface area contributed by atoms with Crippen molar-refractivity contribution >= 4 is 0 Å². The standard InChI is InChI=1S/C26H30FN/c27-19-3-1-2-4-21-5-7-22(8-6-21)9-10-23-11-15-25(16-12-23)26-17-13-24(20-28)14-18-26/h2,4,11-18,21-22H,1,3,5-10,19H2/b4-2+/t21-,22-. The second kappa shape index (κ2) is 10.8. The Morgan fingerprint density at radius 2 is 1.57 bits per heavy atom. The fourth-order valence-corrected chi connectivity index (χ4v) is 4.12. The zero-order valence-corrected chi connectivity index (χ0v) is 16.6. The van der Waals surface area contributed by atoms with Crippen LogP contribution in [-0.4, -0.2) is 6.67 Å². The molecule has 1 nitrogen and oxygen atoms in total. The van der Waals surface area contributed by atoms with Crippen LogP contribution in [0.25, 0.3) is 11.1 Å². The van der Waals surface area contributed by atoms with Crippen LogP contribution in [0.3, 0.4) is 0 Å². The molecule has 1 saturated carbocycles. The van der Waals surface area contributed by atoms with Gasteiger partial charge in [0.25, 0.3) is 0 Å². The molecule has 2 heteroatoms. The largest absolute Gasteiger partial charge is 0.251 e. The van der Waals surface area contributed by atoms with E-state index in [1.807, 2.05) is 24.3 Å². The first-order valence-corrected chi connectivity index (χ1v) is 10.6. The fraction of sp³-hybridized carbons (Fsp3) is 0.423. The maximum atomic E-state index is 12.1. The molecule has 0 unspecified atom stereocenters. The lowest BCUT2D eigenvalue weighted by Gasteiger charge is -2.26. The first kappa shape index (κ1) is 20.3. The number of aryl methyl sites for hydroxylation is 1. The monoisotopic (exact) mass is 375 g/mol. The zero-order chi connectivity index (χ0) is 19.6. The van der Waals surface area contributed by atoms with E-state index in [-0.39, 0.29) is 6.67 Å². The summed E-state index contributed by atoms with van der Waals surface area (Å²) in [5.74, 6) is 1.55. The minimum atomic E-state index is -0.203. The van der Waals surface area contributed by atoms with Crippen molar-refractivity contribution in [2.45, 2.75) is 51.4 Å². The Labute approximate surface area is 168 Å². The van der Waals surface area contributed by atoms with Crippen molar-refractivity contribution in [3.8, 4) is 17.2 Å². The number of nitriles is 1. The first-order chi connectivity index (χ1) is 13.8. The van der Waals surface area contributed by atoms with E-state index < -0.39 is 0 Å². The molecule has 0 amide bonds. The third kappa shape index (κ3) is 6.06. The molecule has 1 fully saturated rings. The molecule has 0 spiro atoms. The lowest BCUT2D eigenvalue weighted by atomic mass is 9.79. The molecule has 146 valence electrons. The van der Waals surface area contributed by atoms with Crippen LogP contribution in [0.1, 0.15) is 56.1 Å². The molecule has 0 bridgehead atoms. The molecular formula is C26H30FN. The quantitative estimate of drug-likeness (QED) is 0.351. The lowest BCUT2D eigenvalue weighted by Crippen LogP contribution is -2.13. The summed E-state index contributed by atoms with van der Waals surface area (Å²) in [6, 6.07) is 18.8. The van der Waals surface area contributed by atoms with Crippen molar-refractivity contribution in [2.24, 2.45) is 11.8 Å². The SMILES string of the molecule is N#Cc1ccc(-c2ccc(CC[C@H]3CC[C@H](/C=C/CCCF)CC3)cc2)cc1. The normalized spacial score (nSPS) is 19.6. The number of halogens is 1. The molecule has 0 atom stereocenters. The maximum Gasteiger partial charge on any atom is 0.0991 e. The summed E-state index contributed by atoms with van der Waals surface area (Å²) in [6.07, 6.45) is 13.7. The van der Waals surface area contributed by atoms with Crippen molar-refractivity contribution in [3.63, 3.8) is 0 Å². The van der Waals surface area contributed by atoms with Gasteiger partial charge in [-0.1, -0.05) is 48.6 Å². The summed E-state index contributed by atoms with van der Waals surface area (Å²) in [5, 5.41) is 8.91. The molecule has 3 rings (SSSR count). The van der Waals surface area contributed by atoms with Gasteiger partial charge in [0.05, 0.1) is 18.3 Å². The second-order valence-corrected chi connectivity index (χ2v) is 7.96. The van der Waals surface area contributed by atoms with Gasteiger partial charge in [-0.05, 0) is 92.0 Å². The van der Waals surface area contributed by atoms with Crippen molar-refractivity contribution in [1.82, 2.24) is 0 Å². The van der Waals surface area contributed by atoms with E-state index in [1.54, 1.807) is 0 Å².